The van der Waals surface area contributed by atoms with Gasteiger partial charge in [-0.05, 0) is 26.2 Å². The number of likely N-dealkylation sites (tertiary alicyclic amines) is 1. The van der Waals surface area contributed by atoms with Crippen LogP contribution in [0.3, 0.4) is 0 Å². The Morgan fingerprint density at radius 1 is 1.58 bits per heavy atom. The van der Waals surface area contributed by atoms with E-state index in [-0.39, 0.29) is 12.8 Å². The molecule has 3 heteroatoms. The van der Waals surface area contributed by atoms with Crippen LogP contribution >= 0.6 is 0 Å². The second-order valence-electron chi connectivity index (χ2n) is 3.61. The van der Waals surface area contributed by atoms with Crippen LogP contribution in [0.15, 0.2) is 0 Å². The van der Waals surface area contributed by atoms with E-state index >= 15 is 0 Å². The number of alkyl halides is 1. The van der Waals surface area contributed by atoms with Crippen LogP contribution in [0.25, 0.3) is 0 Å². The molecule has 0 bridgehead atoms. The monoisotopic (exact) mass is 175 g/mol. The lowest BCUT2D eigenvalue weighted by Crippen LogP contribution is -2.43. The topological polar surface area (TPSA) is 23.5 Å². The molecule has 1 heterocycles. The zero-order valence-electron chi connectivity index (χ0n) is 7.67. The first kappa shape index (κ1) is 9.93. The Kier molecular flexibility index (Phi) is 3.95. The number of nitrogens with zero attached hydrogens (tertiary/aromatic N) is 1. The van der Waals surface area contributed by atoms with Crippen molar-refractivity contribution in [3.05, 3.63) is 0 Å². The highest BCUT2D eigenvalue weighted by Crippen LogP contribution is 2.16. The zero-order valence-corrected chi connectivity index (χ0v) is 7.67. The van der Waals surface area contributed by atoms with E-state index in [9.17, 15) is 9.50 Å². The van der Waals surface area contributed by atoms with E-state index in [1.165, 1.54) is 0 Å². The predicted molar refractivity (Wildman–Crippen MR) is 46.9 cm³/mol. The molecule has 1 saturated heterocycles. The minimum Gasteiger partial charge on any atom is -0.393 e. The molecule has 0 aromatic heterocycles. The minimum atomic E-state index is -0.230. The number of aliphatic hydroxyl groups is 1. The van der Waals surface area contributed by atoms with Gasteiger partial charge in [-0.25, -0.2) is 0 Å². The van der Waals surface area contributed by atoms with E-state index in [4.69, 9.17) is 0 Å². The number of hydrogen-bond acceptors (Lipinski definition) is 2. The molecule has 1 aliphatic rings. The van der Waals surface area contributed by atoms with Crippen LogP contribution in [0.5, 0.6) is 0 Å². The van der Waals surface area contributed by atoms with Gasteiger partial charge in [0.2, 0.25) is 0 Å². The van der Waals surface area contributed by atoms with Crippen molar-refractivity contribution in [3.8, 4) is 0 Å². The predicted octanol–water partition coefficient (Wildman–Crippen LogP) is 1.19. The SMILES string of the molecule is CC1CC(O)CCN1CCCF. The molecule has 2 nitrogen and oxygen atoms in total. The number of hydrogen-bond donors (Lipinski definition) is 1. The Hall–Kier alpha value is -0.150. The summed E-state index contributed by atoms with van der Waals surface area (Å²) in [6.07, 6.45) is 2.17. The third kappa shape index (κ3) is 2.72. The Balaban J connectivity index is 2.25. The Morgan fingerprint density at radius 3 is 2.92 bits per heavy atom. The van der Waals surface area contributed by atoms with Crippen LogP contribution in [0, 0.1) is 0 Å². The third-order valence-electron chi connectivity index (χ3n) is 2.57. The van der Waals surface area contributed by atoms with E-state index in [2.05, 4.69) is 11.8 Å². The molecule has 2 unspecified atom stereocenters. The van der Waals surface area contributed by atoms with Gasteiger partial charge in [0.25, 0.3) is 0 Å². The number of aliphatic hydroxyl groups excluding tert-OH is 1. The van der Waals surface area contributed by atoms with Crippen molar-refractivity contribution in [3.63, 3.8) is 0 Å². The summed E-state index contributed by atoms with van der Waals surface area (Å²) in [6.45, 7) is 3.62. The van der Waals surface area contributed by atoms with Gasteiger partial charge in [0, 0.05) is 19.1 Å². The standard InChI is InChI=1S/C9H18FNO/c1-8-7-9(12)3-6-11(8)5-2-4-10/h8-9,12H,2-7H2,1H3. The normalized spacial score (nSPS) is 32.2. The maximum absolute atomic E-state index is 11.9. The maximum Gasteiger partial charge on any atom is 0.0906 e. The molecular weight excluding hydrogens is 157 g/mol. The lowest BCUT2D eigenvalue weighted by Gasteiger charge is -2.35. The van der Waals surface area contributed by atoms with Crippen molar-refractivity contribution < 1.29 is 9.50 Å². The van der Waals surface area contributed by atoms with Crippen molar-refractivity contribution in [2.45, 2.75) is 38.3 Å². The highest BCUT2D eigenvalue weighted by atomic mass is 19.1. The molecule has 0 spiro atoms. The highest BCUT2D eigenvalue weighted by molar-refractivity contribution is 4.77. The van der Waals surface area contributed by atoms with E-state index in [1.54, 1.807) is 0 Å². The summed E-state index contributed by atoms with van der Waals surface area (Å²) in [6, 6.07) is 0.417. The van der Waals surface area contributed by atoms with Crippen molar-refractivity contribution >= 4 is 0 Å². The minimum absolute atomic E-state index is 0.137. The van der Waals surface area contributed by atoms with E-state index in [0.29, 0.717) is 12.5 Å². The third-order valence-corrected chi connectivity index (χ3v) is 2.57. The summed E-state index contributed by atoms with van der Waals surface area (Å²) in [5.74, 6) is 0. The molecule has 0 aliphatic carbocycles. The molecular formula is C9H18FNO. The molecule has 0 aromatic rings. The van der Waals surface area contributed by atoms with Gasteiger partial charge in [-0.1, -0.05) is 0 Å². The van der Waals surface area contributed by atoms with Gasteiger partial charge in [-0.15, -0.1) is 0 Å². The van der Waals surface area contributed by atoms with Crippen LogP contribution in [0.1, 0.15) is 26.2 Å². The fourth-order valence-electron chi connectivity index (χ4n) is 1.79. The van der Waals surface area contributed by atoms with Crippen LogP contribution in [0.4, 0.5) is 4.39 Å². The second-order valence-corrected chi connectivity index (χ2v) is 3.61. The fourth-order valence-corrected chi connectivity index (χ4v) is 1.79. The number of rotatable bonds is 3. The largest absolute Gasteiger partial charge is 0.393 e. The van der Waals surface area contributed by atoms with Gasteiger partial charge in [0.05, 0.1) is 12.8 Å². The Morgan fingerprint density at radius 2 is 2.33 bits per heavy atom. The van der Waals surface area contributed by atoms with Gasteiger partial charge in [-0.3, -0.25) is 4.39 Å². The summed E-state index contributed by atoms with van der Waals surface area (Å²) in [4.78, 5) is 2.26. The van der Waals surface area contributed by atoms with E-state index in [0.717, 1.165) is 25.9 Å². The molecule has 1 rings (SSSR count). The van der Waals surface area contributed by atoms with Crippen molar-refractivity contribution in [1.29, 1.82) is 0 Å². The van der Waals surface area contributed by atoms with Gasteiger partial charge in [0.1, 0.15) is 0 Å². The Labute approximate surface area is 73.4 Å². The summed E-state index contributed by atoms with van der Waals surface area (Å²) in [7, 11) is 0. The first-order valence-electron chi connectivity index (χ1n) is 4.72. The van der Waals surface area contributed by atoms with Crippen LogP contribution in [-0.2, 0) is 0 Å². The number of piperidine rings is 1. The molecule has 1 aliphatic heterocycles. The average molecular weight is 175 g/mol. The van der Waals surface area contributed by atoms with Crippen LogP contribution in [0.2, 0.25) is 0 Å². The van der Waals surface area contributed by atoms with Crippen molar-refractivity contribution in [2.24, 2.45) is 0 Å². The van der Waals surface area contributed by atoms with Gasteiger partial charge < -0.3 is 10.0 Å². The molecule has 1 fully saturated rings. The van der Waals surface area contributed by atoms with Gasteiger partial charge in [-0.2, -0.15) is 0 Å². The van der Waals surface area contributed by atoms with Crippen molar-refractivity contribution in [1.82, 2.24) is 4.90 Å². The number of halogens is 1. The van der Waals surface area contributed by atoms with Gasteiger partial charge >= 0.3 is 0 Å². The molecule has 72 valence electrons. The molecule has 0 saturated carbocycles. The summed E-state index contributed by atoms with van der Waals surface area (Å²) in [5, 5.41) is 9.32. The molecule has 2 atom stereocenters. The van der Waals surface area contributed by atoms with Crippen molar-refractivity contribution in [2.75, 3.05) is 19.8 Å². The quantitative estimate of drug-likeness (QED) is 0.696. The molecule has 0 amide bonds. The van der Waals surface area contributed by atoms with E-state index < -0.39 is 0 Å². The van der Waals surface area contributed by atoms with E-state index in [1.807, 2.05) is 0 Å². The molecule has 1 N–H and O–H groups in total. The lowest BCUT2D eigenvalue weighted by atomic mass is 10.0. The first-order chi connectivity index (χ1) is 5.74. The average Bonchev–Trinajstić information content (AvgIpc) is 2.03. The summed E-state index contributed by atoms with van der Waals surface area (Å²) < 4.78 is 11.9. The lowest BCUT2D eigenvalue weighted by molar-refractivity contribution is 0.0470. The Bertz CT molecular complexity index is 130. The smallest absolute Gasteiger partial charge is 0.0906 e. The zero-order chi connectivity index (χ0) is 8.97. The molecule has 12 heavy (non-hydrogen) atoms. The fraction of sp³-hybridized carbons (Fsp3) is 1.00. The summed E-state index contributed by atoms with van der Waals surface area (Å²) in [5.41, 5.74) is 0. The highest BCUT2D eigenvalue weighted by Gasteiger charge is 2.22. The van der Waals surface area contributed by atoms with Gasteiger partial charge in [0.15, 0.2) is 0 Å². The first-order valence-corrected chi connectivity index (χ1v) is 4.72. The summed E-state index contributed by atoms with van der Waals surface area (Å²) >= 11 is 0. The molecule has 0 aromatic carbocycles. The second kappa shape index (κ2) is 4.77. The van der Waals surface area contributed by atoms with Crippen LogP contribution in [-0.4, -0.2) is 41.9 Å². The van der Waals surface area contributed by atoms with Crippen LogP contribution < -0.4 is 0 Å². The molecule has 0 radical (unpaired) electrons. The maximum atomic E-state index is 11.9.